The van der Waals surface area contributed by atoms with E-state index in [9.17, 15) is 9.36 Å². The van der Waals surface area contributed by atoms with Gasteiger partial charge in [0.2, 0.25) is 0 Å². The summed E-state index contributed by atoms with van der Waals surface area (Å²) in [4.78, 5) is 28.7. The summed E-state index contributed by atoms with van der Waals surface area (Å²) in [5.41, 5.74) is 0.740. The minimum absolute atomic E-state index is 0.105. The summed E-state index contributed by atoms with van der Waals surface area (Å²) in [7, 11) is -4.06. The lowest BCUT2D eigenvalue weighted by Crippen LogP contribution is -2.03. The first-order valence-electron chi connectivity index (χ1n) is 5.57. The summed E-state index contributed by atoms with van der Waals surface area (Å²) in [5.74, 6) is 0.398. The molecular formula is C12H13O6P. The Hall–Kier alpha value is -1.62. The normalized spacial score (nSPS) is 11.7. The molecule has 0 saturated heterocycles. The third-order valence-electron chi connectivity index (χ3n) is 2.57. The van der Waals surface area contributed by atoms with Gasteiger partial charge in [-0.1, -0.05) is 0 Å². The van der Waals surface area contributed by atoms with E-state index < -0.39 is 13.2 Å². The lowest BCUT2D eigenvalue weighted by atomic mass is 10.1. The van der Waals surface area contributed by atoms with Crippen LogP contribution >= 0.6 is 7.60 Å². The van der Waals surface area contributed by atoms with Crippen LogP contribution in [0.1, 0.15) is 5.56 Å². The van der Waals surface area contributed by atoms with Crippen molar-refractivity contribution in [3.05, 3.63) is 40.2 Å². The van der Waals surface area contributed by atoms with Crippen LogP contribution in [0, 0.1) is 6.92 Å². The molecule has 2 aromatic rings. The quantitative estimate of drug-likeness (QED) is 0.654. The third kappa shape index (κ3) is 3.67. The molecule has 0 aliphatic rings. The van der Waals surface area contributed by atoms with Crippen molar-refractivity contribution in [3.63, 3.8) is 0 Å². The van der Waals surface area contributed by atoms with Gasteiger partial charge < -0.3 is 18.9 Å². The second-order valence-corrected chi connectivity index (χ2v) is 5.92. The molecular weight excluding hydrogens is 271 g/mol. The summed E-state index contributed by atoms with van der Waals surface area (Å²) >= 11 is 0. The molecule has 1 heterocycles. The Morgan fingerprint density at radius 2 is 2.05 bits per heavy atom. The molecule has 0 unspecified atom stereocenters. The van der Waals surface area contributed by atoms with Crippen molar-refractivity contribution in [3.8, 4) is 5.75 Å². The molecule has 1 aromatic carbocycles. The Balaban J connectivity index is 2.22. The van der Waals surface area contributed by atoms with Crippen molar-refractivity contribution in [1.82, 2.24) is 0 Å². The summed E-state index contributed by atoms with van der Waals surface area (Å²) < 4.78 is 20.9. The zero-order valence-electron chi connectivity index (χ0n) is 10.2. The smallest absolute Gasteiger partial charge is 0.336 e. The van der Waals surface area contributed by atoms with Gasteiger partial charge in [0.05, 0.1) is 12.8 Å². The first-order chi connectivity index (χ1) is 8.85. The van der Waals surface area contributed by atoms with Gasteiger partial charge in [-0.05, 0) is 24.6 Å². The fourth-order valence-electron chi connectivity index (χ4n) is 1.68. The van der Waals surface area contributed by atoms with Gasteiger partial charge in [0.1, 0.15) is 11.3 Å². The van der Waals surface area contributed by atoms with Crippen LogP contribution < -0.4 is 10.4 Å². The third-order valence-corrected chi connectivity index (χ3v) is 3.34. The van der Waals surface area contributed by atoms with E-state index in [-0.39, 0.29) is 12.8 Å². The van der Waals surface area contributed by atoms with Gasteiger partial charge >= 0.3 is 13.2 Å². The Morgan fingerprint density at radius 1 is 1.32 bits per heavy atom. The summed E-state index contributed by atoms with van der Waals surface area (Å²) in [6.07, 6.45) is -0.358. The highest BCUT2D eigenvalue weighted by atomic mass is 31.2. The molecule has 0 bridgehead atoms. The topological polar surface area (TPSA) is 97.0 Å². The monoisotopic (exact) mass is 284 g/mol. The maximum atomic E-state index is 11.3. The van der Waals surface area contributed by atoms with Gasteiger partial charge in [0.15, 0.2) is 0 Å². The molecule has 2 N–H and O–H groups in total. The molecule has 0 aliphatic heterocycles. The predicted molar refractivity (Wildman–Crippen MR) is 69.6 cm³/mol. The molecule has 19 heavy (non-hydrogen) atoms. The Kier molecular flexibility index (Phi) is 3.75. The molecule has 102 valence electrons. The number of benzene rings is 1. The highest BCUT2D eigenvalue weighted by molar-refractivity contribution is 7.51. The standard InChI is InChI=1S/C12H13O6P/c1-8-6-12(13)18-11-7-9(2-3-10(8)11)17-4-5-19(14,15)16/h2-3,6-7H,4-5H2,1H3,(H2,14,15,16). The molecule has 1 aromatic heterocycles. The Morgan fingerprint density at radius 3 is 2.74 bits per heavy atom. The van der Waals surface area contributed by atoms with Gasteiger partial charge in [-0.25, -0.2) is 4.79 Å². The molecule has 0 radical (unpaired) electrons. The zero-order chi connectivity index (χ0) is 14.0. The van der Waals surface area contributed by atoms with Crippen molar-refractivity contribution in [2.75, 3.05) is 12.8 Å². The van der Waals surface area contributed by atoms with Crippen molar-refractivity contribution >= 4 is 18.6 Å². The summed E-state index contributed by atoms with van der Waals surface area (Å²) in [6.45, 7) is 1.69. The highest BCUT2D eigenvalue weighted by Crippen LogP contribution is 2.33. The zero-order valence-corrected chi connectivity index (χ0v) is 11.1. The van der Waals surface area contributed by atoms with E-state index in [1.807, 2.05) is 0 Å². The van der Waals surface area contributed by atoms with Gasteiger partial charge in [-0.15, -0.1) is 0 Å². The minimum atomic E-state index is -4.06. The van der Waals surface area contributed by atoms with E-state index in [0.29, 0.717) is 11.3 Å². The van der Waals surface area contributed by atoms with Gasteiger partial charge in [-0.2, -0.15) is 0 Å². The maximum Gasteiger partial charge on any atom is 0.336 e. The lowest BCUT2D eigenvalue weighted by Gasteiger charge is -2.08. The van der Waals surface area contributed by atoms with E-state index in [1.165, 1.54) is 12.1 Å². The van der Waals surface area contributed by atoms with Crippen molar-refractivity contribution in [2.45, 2.75) is 6.92 Å². The summed E-state index contributed by atoms with van der Waals surface area (Å²) in [5, 5.41) is 0.793. The van der Waals surface area contributed by atoms with E-state index >= 15 is 0 Å². The summed E-state index contributed by atoms with van der Waals surface area (Å²) in [6, 6.07) is 6.33. The number of hydrogen-bond donors (Lipinski definition) is 2. The van der Waals surface area contributed by atoms with Crippen molar-refractivity contribution < 1.29 is 23.5 Å². The maximum absolute atomic E-state index is 11.3. The van der Waals surface area contributed by atoms with Crippen LogP contribution in [0.15, 0.2) is 33.5 Å². The first kappa shape index (κ1) is 13.8. The van der Waals surface area contributed by atoms with E-state index in [2.05, 4.69) is 0 Å². The fraction of sp³-hybridized carbons (Fsp3) is 0.250. The first-order valence-corrected chi connectivity index (χ1v) is 7.37. The van der Waals surface area contributed by atoms with E-state index in [0.717, 1.165) is 10.9 Å². The fourth-order valence-corrected chi connectivity index (χ4v) is 2.01. The van der Waals surface area contributed by atoms with E-state index in [4.69, 9.17) is 18.9 Å². The Bertz CT molecular complexity index is 699. The van der Waals surface area contributed by atoms with Gasteiger partial charge in [0, 0.05) is 17.5 Å². The van der Waals surface area contributed by atoms with E-state index in [1.54, 1.807) is 19.1 Å². The van der Waals surface area contributed by atoms with Crippen LogP contribution in [0.4, 0.5) is 0 Å². The molecule has 0 spiro atoms. The molecule has 0 fully saturated rings. The van der Waals surface area contributed by atoms with Gasteiger partial charge in [0.25, 0.3) is 0 Å². The van der Waals surface area contributed by atoms with Crippen LogP contribution in [0.2, 0.25) is 0 Å². The molecule has 0 atom stereocenters. The van der Waals surface area contributed by atoms with Crippen LogP contribution in [0.25, 0.3) is 11.0 Å². The largest absolute Gasteiger partial charge is 0.493 e. The molecule has 0 saturated carbocycles. The number of aryl methyl sites for hydroxylation is 1. The Labute approximate surface area is 108 Å². The second kappa shape index (κ2) is 5.17. The molecule has 6 nitrogen and oxygen atoms in total. The average molecular weight is 284 g/mol. The van der Waals surface area contributed by atoms with Crippen LogP contribution in [0.5, 0.6) is 5.75 Å². The average Bonchev–Trinajstić information content (AvgIpc) is 2.26. The number of fused-ring (bicyclic) bond motifs is 1. The van der Waals surface area contributed by atoms with Crippen LogP contribution in [0.3, 0.4) is 0 Å². The minimum Gasteiger partial charge on any atom is -0.493 e. The molecule has 7 heteroatoms. The second-order valence-electron chi connectivity index (χ2n) is 4.14. The van der Waals surface area contributed by atoms with Gasteiger partial charge in [-0.3, -0.25) is 4.57 Å². The number of hydrogen-bond acceptors (Lipinski definition) is 4. The highest BCUT2D eigenvalue weighted by Gasteiger charge is 2.12. The van der Waals surface area contributed by atoms with Crippen molar-refractivity contribution in [2.24, 2.45) is 0 Å². The predicted octanol–water partition coefficient (Wildman–Crippen LogP) is 1.66. The number of ether oxygens (including phenoxy) is 1. The SMILES string of the molecule is Cc1cc(=O)oc2cc(OCCP(=O)(O)O)ccc12. The lowest BCUT2D eigenvalue weighted by molar-refractivity contribution is 0.316. The van der Waals surface area contributed by atoms with Crippen LogP contribution in [-0.4, -0.2) is 22.6 Å². The number of rotatable bonds is 4. The van der Waals surface area contributed by atoms with Crippen LogP contribution in [-0.2, 0) is 4.57 Å². The van der Waals surface area contributed by atoms with Crippen molar-refractivity contribution in [1.29, 1.82) is 0 Å². The molecule has 0 amide bonds. The molecule has 0 aliphatic carbocycles. The molecule has 2 rings (SSSR count).